The Hall–Kier alpha value is -2.69. The molecule has 4 atom stereocenters. The standard InChI is InChI=1S/C17H29N5O6/c1-8(2)13(19)15(25)21-10(7-12(18)23)16(26)22-6-4-5-11(22)14(24)20-9(3)17(27)28/h8-11,13H,4-7,19H2,1-3H3,(H2,18,23)(H,20,24)(H,21,25)(H,27,28). The molecule has 1 aliphatic rings. The largest absolute Gasteiger partial charge is 0.480 e. The molecule has 0 aromatic heterocycles. The number of carbonyl (C=O) groups excluding carboxylic acids is 4. The molecule has 1 aliphatic heterocycles. The van der Waals surface area contributed by atoms with Crippen LogP contribution in [0.2, 0.25) is 0 Å². The fourth-order valence-electron chi connectivity index (χ4n) is 2.85. The summed E-state index contributed by atoms with van der Waals surface area (Å²) in [5, 5.41) is 13.7. The van der Waals surface area contributed by atoms with Crippen LogP contribution in [0.25, 0.3) is 0 Å². The quantitative estimate of drug-likeness (QED) is 0.294. The second-order valence-corrected chi connectivity index (χ2v) is 7.26. The van der Waals surface area contributed by atoms with Crippen molar-refractivity contribution < 1.29 is 29.1 Å². The van der Waals surface area contributed by atoms with E-state index in [9.17, 15) is 24.0 Å². The molecule has 0 saturated carbocycles. The summed E-state index contributed by atoms with van der Waals surface area (Å²) in [6, 6.07) is -4.13. The van der Waals surface area contributed by atoms with Gasteiger partial charge in [-0.2, -0.15) is 0 Å². The number of carboxylic acid groups (broad SMARTS) is 1. The number of likely N-dealkylation sites (tertiary alicyclic amines) is 1. The van der Waals surface area contributed by atoms with Gasteiger partial charge >= 0.3 is 5.97 Å². The Morgan fingerprint density at radius 1 is 1.14 bits per heavy atom. The molecule has 0 spiro atoms. The highest BCUT2D eigenvalue weighted by molar-refractivity contribution is 5.96. The van der Waals surface area contributed by atoms with E-state index < -0.39 is 60.2 Å². The van der Waals surface area contributed by atoms with Crippen molar-refractivity contribution in [3.63, 3.8) is 0 Å². The van der Waals surface area contributed by atoms with Crippen molar-refractivity contribution in [2.45, 2.75) is 64.2 Å². The monoisotopic (exact) mass is 399 g/mol. The number of nitrogens with two attached hydrogens (primary N) is 2. The summed E-state index contributed by atoms with van der Waals surface area (Å²) in [6.07, 6.45) is 0.423. The molecule has 0 aromatic rings. The van der Waals surface area contributed by atoms with Crippen LogP contribution in [0.15, 0.2) is 0 Å². The molecule has 28 heavy (non-hydrogen) atoms. The molecule has 1 fully saturated rings. The van der Waals surface area contributed by atoms with Crippen LogP contribution >= 0.6 is 0 Å². The normalized spacial score (nSPS) is 19.6. The van der Waals surface area contributed by atoms with E-state index in [1.54, 1.807) is 13.8 Å². The van der Waals surface area contributed by atoms with Crippen molar-refractivity contribution in [1.82, 2.24) is 15.5 Å². The topological polar surface area (TPSA) is 185 Å². The summed E-state index contributed by atoms with van der Waals surface area (Å²) >= 11 is 0. The molecule has 7 N–H and O–H groups in total. The van der Waals surface area contributed by atoms with Gasteiger partial charge in [-0.15, -0.1) is 0 Å². The first-order valence-electron chi connectivity index (χ1n) is 9.13. The lowest BCUT2D eigenvalue weighted by Crippen LogP contribution is -2.57. The predicted octanol–water partition coefficient (Wildman–Crippen LogP) is -2.09. The van der Waals surface area contributed by atoms with E-state index >= 15 is 0 Å². The van der Waals surface area contributed by atoms with Gasteiger partial charge in [-0.05, 0) is 25.7 Å². The second-order valence-electron chi connectivity index (χ2n) is 7.26. The van der Waals surface area contributed by atoms with Gasteiger partial charge in [0.15, 0.2) is 0 Å². The van der Waals surface area contributed by atoms with E-state index in [1.807, 2.05) is 0 Å². The first-order chi connectivity index (χ1) is 13.0. The minimum atomic E-state index is -1.25. The predicted molar refractivity (Wildman–Crippen MR) is 98.5 cm³/mol. The Morgan fingerprint density at radius 2 is 1.75 bits per heavy atom. The number of rotatable bonds is 9. The number of primary amides is 1. The van der Waals surface area contributed by atoms with Crippen LogP contribution in [0, 0.1) is 5.92 Å². The number of hydrogen-bond acceptors (Lipinski definition) is 6. The summed E-state index contributed by atoms with van der Waals surface area (Å²) in [7, 11) is 0. The zero-order valence-electron chi connectivity index (χ0n) is 16.3. The van der Waals surface area contributed by atoms with Crippen LogP contribution in [-0.4, -0.2) is 70.3 Å². The van der Waals surface area contributed by atoms with Gasteiger partial charge in [0.1, 0.15) is 18.1 Å². The van der Waals surface area contributed by atoms with E-state index in [1.165, 1.54) is 11.8 Å². The third kappa shape index (κ3) is 6.19. The molecule has 0 aliphatic carbocycles. The number of amides is 4. The molecule has 0 aromatic carbocycles. The van der Waals surface area contributed by atoms with E-state index in [-0.39, 0.29) is 12.5 Å². The minimum Gasteiger partial charge on any atom is -0.480 e. The average Bonchev–Trinajstić information content (AvgIpc) is 3.08. The summed E-state index contributed by atoms with van der Waals surface area (Å²) in [6.45, 7) is 5.02. The van der Waals surface area contributed by atoms with Crippen LogP contribution in [0.5, 0.6) is 0 Å². The minimum absolute atomic E-state index is 0.188. The van der Waals surface area contributed by atoms with Gasteiger partial charge in [0.2, 0.25) is 23.6 Å². The molecular weight excluding hydrogens is 370 g/mol. The lowest BCUT2D eigenvalue weighted by Gasteiger charge is -2.29. The van der Waals surface area contributed by atoms with Crippen molar-refractivity contribution in [3.8, 4) is 0 Å². The molecule has 11 nitrogen and oxygen atoms in total. The first-order valence-corrected chi connectivity index (χ1v) is 9.13. The van der Waals surface area contributed by atoms with Crippen molar-refractivity contribution in [3.05, 3.63) is 0 Å². The Morgan fingerprint density at radius 3 is 2.25 bits per heavy atom. The van der Waals surface area contributed by atoms with Gasteiger partial charge in [0, 0.05) is 6.54 Å². The summed E-state index contributed by atoms with van der Waals surface area (Å²) in [5.74, 6) is -4.03. The van der Waals surface area contributed by atoms with Gasteiger partial charge in [0.25, 0.3) is 0 Å². The Kier molecular flexibility index (Phi) is 8.35. The van der Waals surface area contributed by atoms with Crippen molar-refractivity contribution in [2.75, 3.05) is 6.54 Å². The smallest absolute Gasteiger partial charge is 0.325 e. The van der Waals surface area contributed by atoms with Gasteiger partial charge in [-0.25, -0.2) is 0 Å². The van der Waals surface area contributed by atoms with Crippen LogP contribution < -0.4 is 22.1 Å². The van der Waals surface area contributed by atoms with Crippen LogP contribution in [-0.2, 0) is 24.0 Å². The van der Waals surface area contributed by atoms with Crippen LogP contribution in [0.3, 0.4) is 0 Å². The van der Waals surface area contributed by atoms with E-state index in [0.29, 0.717) is 12.8 Å². The first kappa shape index (κ1) is 23.3. The Labute approximate surface area is 163 Å². The van der Waals surface area contributed by atoms with Crippen molar-refractivity contribution in [2.24, 2.45) is 17.4 Å². The zero-order valence-corrected chi connectivity index (χ0v) is 16.3. The van der Waals surface area contributed by atoms with E-state index in [0.717, 1.165) is 0 Å². The number of carbonyl (C=O) groups is 5. The van der Waals surface area contributed by atoms with Crippen molar-refractivity contribution >= 4 is 29.6 Å². The van der Waals surface area contributed by atoms with Gasteiger partial charge < -0.3 is 32.1 Å². The Balaban J connectivity index is 2.93. The number of carboxylic acids is 1. The molecule has 4 unspecified atom stereocenters. The number of hydrogen-bond donors (Lipinski definition) is 5. The van der Waals surface area contributed by atoms with E-state index in [4.69, 9.17) is 16.6 Å². The third-order valence-electron chi connectivity index (χ3n) is 4.61. The van der Waals surface area contributed by atoms with Crippen LogP contribution in [0.4, 0.5) is 0 Å². The molecule has 4 amide bonds. The molecule has 0 bridgehead atoms. The second kappa shape index (κ2) is 10.0. The Bertz CT molecular complexity index is 638. The van der Waals surface area contributed by atoms with Crippen LogP contribution in [0.1, 0.15) is 40.0 Å². The lowest BCUT2D eigenvalue weighted by molar-refractivity contribution is -0.145. The molecule has 158 valence electrons. The number of aliphatic carboxylic acids is 1. The fraction of sp³-hybridized carbons (Fsp3) is 0.706. The van der Waals surface area contributed by atoms with Crippen molar-refractivity contribution in [1.29, 1.82) is 0 Å². The lowest BCUT2D eigenvalue weighted by atomic mass is 10.0. The maximum absolute atomic E-state index is 12.9. The van der Waals surface area contributed by atoms with E-state index in [2.05, 4.69) is 10.6 Å². The maximum atomic E-state index is 12.9. The highest BCUT2D eigenvalue weighted by Crippen LogP contribution is 2.19. The molecule has 1 heterocycles. The molecule has 1 rings (SSSR count). The van der Waals surface area contributed by atoms with Gasteiger partial charge in [-0.1, -0.05) is 13.8 Å². The maximum Gasteiger partial charge on any atom is 0.325 e. The third-order valence-corrected chi connectivity index (χ3v) is 4.61. The summed E-state index contributed by atoms with van der Waals surface area (Å²) in [4.78, 5) is 61.0. The summed E-state index contributed by atoms with van der Waals surface area (Å²) in [5.41, 5.74) is 11.0. The molecule has 1 saturated heterocycles. The molecular formula is C17H29N5O6. The number of nitrogens with one attached hydrogen (secondary N) is 2. The summed E-state index contributed by atoms with van der Waals surface area (Å²) < 4.78 is 0. The number of nitrogens with zero attached hydrogens (tertiary/aromatic N) is 1. The molecule has 11 heteroatoms. The highest BCUT2D eigenvalue weighted by atomic mass is 16.4. The zero-order chi connectivity index (χ0) is 21.6. The SMILES string of the molecule is CC(NC(=O)C1CCCN1C(=O)C(CC(N)=O)NC(=O)C(N)C(C)C)C(=O)O. The van der Waals surface area contributed by atoms with Gasteiger partial charge in [-0.3, -0.25) is 24.0 Å². The highest BCUT2D eigenvalue weighted by Gasteiger charge is 2.39. The average molecular weight is 399 g/mol. The molecule has 0 radical (unpaired) electrons. The van der Waals surface area contributed by atoms with Gasteiger partial charge in [0.05, 0.1) is 12.5 Å². The fourth-order valence-corrected chi connectivity index (χ4v) is 2.85.